The molecule has 4 N–H and O–H groups in total. The summed E-state index contributed by atoms with van der Waals surface area (Å²) >= 11 is 0. The highest BCUT2D eigenvalue weighted by Crippen LogP contribution is 2.25. The Labute approximate surface area is 123 Å². The van der Waals surface area contributed by atoms with Crippen molar-refractivity contribution in [3.63, 3.8) is 0 Å². The van der Waals surface area contributed by atoms with E-state index in [4.69, 9.17) is 5.73 Å². The molecule has 0 spiro atoms. The van der Waals surface area contributed by atoms with Crippen molar-refractivity contribution in [2.24, 2.45) is 0 Å². The summed E-state index contributed by atoms with van der Waals surface area (Å²) in [7, 11) is 0. The van der Waals surface area contributed by atoms with E-state index < -0.39 is 6.23 Å². The van der Waals surface area contributed by atoms with Crippen molar-refractivity contribution in [2.75, 3.05) is 11.1 Å². The van der Waals surface area contributed by atoms with Crippen LogP contribution in [0, 0.1) is 6.92 Å². The molecule has 0 aliphatic heterocycles. The molecule has 0 aliphatic rings. The van der Waals surface area contributed by atoms with Crippen LogP contribution in [0.25, 0.3) is 10.9 Å². The number of aliphatic hydroxyl groups is 1. The largest absolute Gasteiger partial charge is 0.383 e. The standard InChI is InChI=1S/C17H17N3O/c1-11-7-8-12-10-14(16(18)20-15(12)9-11)17(21)19-13-5-3-2-4-6-13/h2-10,17,19,21H,1H3,(H2,18,20). The summed E-state index contributed by atoms with van der Waals surface area (Å²) in [6.07, 6.45) is -0.898. The van der Waals surface area contributed by atoms with Crippen molar-refractivity contribution in [1.29, 1.82) is 0 Å². The van der Waals surface area contributed by atoms with Gasteiger partial charge in [0.25, 0.3) is 0 Å². The molecular weight excluding hydrogens is 262 g/mol. The third-order valence-corrected chi connectivity index (χ3v) is 3.41. The van der Waals surface area contributed by atoms with Gasteiger partial charge in [0.05, 0.1) is 5.52 Å². The fraction of sp³-hybridized carbons (Fsp3) is 0.118. The number of fused-ring (bicyclic) bond motifs is 1. The quantitative estimate of drug-likeness (QED) is 0.644. The number of nitrogens with one attached hydrogen (secondary N) is 1. The SMILES string of the molecule is Cc1ccc2cc(C(O)Nc3ccccc3)c(N)nc2c1. The Balaban J connectivity index is 1.96. The molecule has 4 heteroatoms. The Morgan fingerprint density at radius 3 is 2.62 bits per heavy atom. The van der Waals surface area contributed by atoms with Crippen LogP contribution >= 0.6 is 0 Å². The number of aryl methyl sites for hydroxylation is 1. The molecule has 0 fully saturated rings. The Kier molecular flexibility index (Phi) is 3.46. The van der Waals surface area contributed by atoms with Crippen molar-refractivity contribution in [2.45, 2.75) is 13.2 Å². The summed E-state index contributed by atoms with van der Waals surface area (Å²) < 4.78 is 0. The average molecular weight is 279 g/mol. The zero-order valence-corrected chi connectivity index (χ0v) is 11.7. The average Bonchev–Trinajstić information content (AvgIpc) is 2.47. The molecule has 21 heavy (non-hydrogen) atoms. The first-order valence-corrected chi connectivity index (χ1v) is 6.80. The van der Waals surface area contributed by atoms with Gasteiger partial charge in [0.1, 0.15) is 5.82 Å². The van der Waals surface area contributed by atoms with Crippen LogP contribution in [0.15, 0.2) is 54.6 Å². The Morgan fingerprint density at radius 1 is 1.10 bits per heavy atom. The van der Waals surface area contributed by atoms with E-state index in [1.165, 1.54) is 0 Å². The number of para-hydroxylation sites is 1. The number of hydrogen-bond donors (Lipinski definition) is 3. The van der Waals surface area contributed by atoms with E-state index in [1.807, 2.05) is 61.5 Å². The predicted octanol–water partition coefficient (Wildman–Crippen LogP) is 3.23. The van der Waals surface area contributed by atoms with Gasteiger partial charge in [-0.25, -0.2) is 4.98 Å². The van der Waals surface area contributed by atoms with Gasteiger partial charge in [0.2, 0.25) is 0 Å². The molecule has 1 heterocycles. The third kappa shape index (κ3) is 2.80. The molecule has 0 saturated heterocycles. The van der Waals surface area contributed by atoms with E-state index in [0.29, 0.717) is 11.4 Å². The predicted molar refractivity (Wildman–Crippen MR) is 85.9 cm³/mol. The molecule has 4 nitrogen and oxygen atoms in total. The van der Waals surface area contributed by atoms with Gasteiger partial charge in [-0.3, -0.25) is 0 Å². The molecule has 1 aromatic heterocycles. The first-order valence-electron chi connectivity index (χ1n) is 6.80. The minimum Gasteiger partial charge on any atom is -0.383 e. The van der Waals surface area contributed by atoms with Gasteiger partial charge in [0.15, 0.2) is 6.23 Å². The number of benzene rings is 2. The normalized spacial score (nSPS) is 12.3. The third-order valence-electron chi connectivity index (χ3n) is 3.41. The van der Waals surface area contributed by atoms with Gasteiger partial charge < -0.3 is 16.2 Å². The smallest absolute Gasteiger partial charge is 0.154 e. The number of hydrogen-bond acceptors (Lipinski definition) is 4. The molecular formula is C17H17N3O. The molecule has 0 saturated carbocycles. The summed E-state index contributed by atoms with van der Waals surface area (Å²) in [5.74, 6) is 0.337. The van der Waals surface area contributed by atoms with E-state index in [9.17, 15) is 5.11 Å². The van der Waals surface area contributed by atoms with Crippen LogP contribution < -0.4 is 11.1 Å². The summed E-state index contributed by atoms with van der Waals surface area (Å²) in [6, 6.07) is 17.3. The number of nitrogens with zero attached hydrogens (tertiary/aromatic N) is 1. The lowest BCUT2D eigenvalue weighted by Crippen LogP contribution is -2.12. The number of aromatic nitrogens is 1. The van der Waals surface area contributed by atoms with E-state index in [1.54, 1.807) is 0 Å². The van der Waals surface area contributed by atoms with E-state index in [-0.39, 0.29) is 0 Å². The first kappa shape index (κ1) is 13.4. The number of nitrogen functional groups attached to an aromatic ring is 1. The number of nitrogens with two attached hydrogens (primary N) is 1. The molecule has 0 bridgehead atoms. The van der Waals surface area contributed by atoms with Crippen LogP contribution in [0.5, 0.6) is 0 Å². The number of rotatable bonds is 3. The molecule has 0 radical (unpaired) electrons. The van der Waals surface area contributed by atoms with Crippen molar-refractivity contribution in [1.82, 2.24) is 4.98 Å². The minimum absolute atomic E-state index is 0.337. The number of aliphatic hydroxyl groups excluding tert-OH is 1. The summed E-state index contributed by atoms with van der Waals surface area (Å²) in [5, 5.41) is 14.3. The zero-order valence-electron chi connectivity index (χ0n) is 11.7. The van der Waals surface area contributed by atoms with Crippen LogP contribution in [-0.2, 0) is 0 Å². The number of anilines is 2. The van der Waals surface area contributed by atoms with Crippen molar-refractivity contribution in [3.05, 3.63) is 65.7 Å². The molecule has 1 atom stereocenters. The highest BCUT2D eigenvalue weighted by Gasteiger charge is 2.13. The first-order chi connectivity index (χ1) is 10.1. The van der Waals surface area contributed by atoms with Gasteiger partial charge >= 0.3 is 0 Å². The molecule has 0 amide bonds. The highest BCUT2D eigenvalue weighted by atomic mass is 16.3. The van der Waals surface area contributed by atoms with Crippen LogP contribution in [0.3, 0.4) is 0 Å². The lowest BCUT2D eigenvalue weighted by molar-refractivity contribution is 0.209. The molecule has 3 aromatic rings. The molecule has 2 aromatic carbocycles. The molecule has 0 aliphatic carbocycles. The van der Waals surface area contributed by atoms with E-state index in [0.717, 1.165) is 22.2 Å². The van der Waals surface area contributed by atoms with E-state index >= 15 is 0 Å². The van der Waals surface area contributed by atoms with Crippen LogP contribution in [-0.4, -0.2) is 10.1 Å². The van der Waals surface area contributed by atoms with Crippen LogP contribution in [0.4, 0.5) is 11.5 Å². The Bertz CT molecular complexity index is 772. The number of pyridine rings is 1. The fourth-order valence-electron chi connectivity index (χ4n) is 2.30. The van der Waals surface area contributed by atoms with Gasteiger partial charge in [0, 0.05) is 16.6 Å². The van der Waals surface area contributed by atoms with Crippen molar-refractivity contribution < 1.29 is 5.11 Å². The summed E-state index contributed by atoms with van der Waals surface area (Å²) in [5.41, 5.74) is 9.35. The summed E-state index contributed by atoms with van der Waals surface area (Å²) in [6.45, 7) is 2.01. The Hall–Kier alpha value is -2.59. The molecule has 3 rings (SSSR count). The maximum Gasteiger partial charge on any atom is 0.154 e. The lowest BCUT2D eigenvalue weighted by atomic mass is 10.1. The minimum atomic E-state index is -0.898. The second kappa shape index (κ2) is 5.42. The maximum atomic E-state index is 10.3. The van der Waals surface area contributed by atoms with Crippen molar-refractivity contribution in [3.8, 4) is 0 Å². The van der Waals surface area contributed by atoms with Crippen molar-refractivity contribution >= 4 is 22.4 Å². The van der Waals surface area contributed by atoms with Gasteiger partial charge in [-0.15, -0.1) is 0 Å². The molecule has 1 unspecified atom stereocenters. The Morgan fingerprint density at radius 2 is 1.86 bits per heavy atom. The van der Waals surface area contributed by atoms with Crippen LogP contribution in [0.2, 0.25) is 0 Å². The maximum absolute atomic E-state index is 10.3. The van der Waals surface area contributed by atoms with Gasteiger partial charge in [-0.2, -0.15) is 0 Å². The second-order valence-corrected chi connectivity index (χ2v) is 5.07. The van der Waals surface area contributed by atoms with Crippen LogP contribution in [0.1, 0.15) is 17.4 Å². The molecule has 106 valence electrons. The van der Waals surface area contributed by atoms with Gasteiger partial charge in [-0.1, -0.05) is 30.3 Å². The monoisotopic (exact) mass is 279 g/mol. The van der Waals surface area contributed by atoms with E-state index in [2.05, 4.69) is 10.3 Å². The highest BCUT2D eigenvalue weighted by molar-refractivity contribution is 5.82. The lowest BCUT2D eigenvalue weighted by Gasteiger charge is -2.16. The van der Waals surface area contributed by atoms with Gasteiger partial charge in [-0.05, 0) is 36.8 Å². The topological polar surface area (TPSA) is 71.2 Å². The summed E-state index contributed by atoms with van der Waals surface area (Å²) in [4.78, 5) is 4.38. The fourth-order valence-corrected chi connectivity index (χ4v) is 2.30. The second-order valence-electron chi connectivity index (χ2n) is 5.07. The zero-order chi connectivity index (χ0) is 14.8.